The molecular weight excluding hydrogens is 390 g/mol. The van der Waals surface area contributed by atoms with Crippen molar-refractivity contribution < 1.29 is 9.47 Å². The van der Waals surface area contributed by atoms with Crippen molar-refractivity contribution in [3.63, 3.8) is 0 Å². The number of aromatic nitrogens is 2. The van der Waals surface area contributed by atoms with Crippen molar-refractivity contribution in [2.75, 3.05) is 27.3 Å². The number of aliphatic imine (C=N–C) groups is 1. The Kier molecular flexibility index (Phi) is 7.92. The van der Waals surface area contributed by atoms with Crippen molar-refractivity contribution in [3.8, 4) is 11.5 Å². The van der Waals surface area contributed by atoms with Crippen LogP contribution >= 0.6 is 0 Å². The summed E-state index contributed by atoms with van der Waals surface area (Å²) in [5, 5.41) is 11.4. The Morgan fingerprint density at radius 1 is 1.00 bits per heavy atom. The molecule has 1 heterocycles. The number of aryl methyl sites for hydroxylation is 1. The fourth-order valence-electron chi connectivity index (χ4n) is 3.30. The van der Waals surface area contributed by atoms with Gasteiger partial charge in [0.05, 0.1) is 25.9 Å². The van der Waals surface area contributed by atoms with Crippen LogP contribution in [-0.4, -0.2) is 43.0 Å². The monoisotopic (exact) mass is 421 g/mol. The van der Waals surface area contributed by atoms with Gasteiger partial charge >= 0.3 is 0 Å². The van der Waals surface area contributed by atoms with E-state index in [2.05, 4.69) is 51.5 Å². The van der Waals surface area contributed by atoms with Crippen LogP contribution in [0.5, 0.6) is 11.5 Å². The molecule has 7 heteroatoms. The van der Waals surface area contributed by atoms with Gasteiger partial charge in [0.1, 0.15) is 18.1 Å². The molecule has 164 valence electrons. The van der Waals surface area contributed by atoms with Crippen LogP contribution in [0.3, 0.4) is 0 Å². The average Bonchev–Trinajstić information content (AvgIpc) is 3.06. The van der Waals surface area contributed by atoms with Gasteiger partial charge in [-0.2, -0.15) is 5.10 Å². The van der Waals surface area contributed by atoms with Crippen LogP contribution in [0.4, 0.5) is 0 Å². The molecule has 0 bridgehead atoms. The Bertz CT molecular complexity index is 981. The maximum absolute atomic E-state index is 5.75. The van der Waals surface area contributed by atoms with Gasteiger partial charge in [-0.1, -0.05) is 30.3 Å². The number of nitrogens with zero attached hydrogens (tertiary/aromatic N) is 3. The van der Waals surface area contributed by atoms with Gasteiger partial charge in [-0.05, 0) is 43.7 Å². The van der Waals surface area contributed by atoms with Crippen LogP contribution in [-0.2, 0) is 13.1 Å². The highest BCUT2D eigenvalue weighted by molar-refractivity contribution is 5.79. The van der Waals surface area contributed by atoms with Crippen LogP contribution in [0, 0.1) is 13.8 Å². The van der Waals surface area contributed by atoms with E-state index in [-0.39, 0.29) is 0 Å². The molecule has 7 nitrogen and oxygen atoms in total. The van der Waals surface area contributed by atoms with Gasteiger partial charge in [0.25, 0.3) is 0 Å². The molecule has 3 rings (SSSR count). The number of rotatable bonds is 9. The molecular formula is C24H31N5O2. The Hall–Kier alpha value is -3.48. The van der Waals surface area contributed by atoms with Crippen LogP contribution in [0.1, 0.15) is 22.5 Å². The summed E-state index contributed by atoms with van der Waals surface area (Å²) in [6.07, 6.45) is 0. The number of nitrogens with one attached hydrogen (secondary N) is 2. The molecule has 1 aromatic heterocycles. The van der Waals surface area contributed by atoms with E-state index in [4.69, 9.17) is 14.6 Å². The van der Waals surface area contributed by atoms with Gasteiger partial charge in [-0.25, -0.2) is 0 Å². The van der Waals surface area contributed by atoms with Gasteiger partial charge in [0, 0.05) is 24.8 Å². The third-order valence-corrected chi connectivity index (χ3v) is 5.09. The van der Waals surface area contributed by atoms with E-state index >= 15 is 0 Å². The number of benzene rings is 2. The van der Waals surface area contributed by atoms with Crippen molar-refractivity contribution in [3.05, 3.63) is 77.1 Å². The largest absolute Gasteiger partial charge is 0.497 e. The molecule has 0 unspecified atom stereocenters. The summed E-state index contributed by atoms with van der Waals surface area (Å²) in [5.41, 5.74) is 4.61. The molecule has 0 aliphatic carbocycles. The zero-order chi connectivity index (χ0) is 22.1. The zero-order valence-electron chi connectivity index (χ0n) is 18.7. The summed E-state index contributed by atoms with van der Waals surface area (Å²) in [4.78, 5) is 4.30. The lowest BCUT2D eigenvalue weighted by molar-refractivity contribution is 0.321. The molecule has 2 N–H and O–H groups in total. The first-order valence-corrected chi connectivity index (χ1v) is 10.4. The number of guanidine groups is 1. The minimum absolute atomic E-state index is 0.528. The second-order valence-electron chi connectivity index (χ2n) is 7.17. The second kappa shape index (κ2) is 11.1. The van der Waals surface area contributed by atoms with Crippen molar-refractivity contribution in [2.24, 2.45) is 4.99 Å². The fourth-order valence-corrected chi connectivity index (χ4v) is 3.30. The van der Waals surface area contributed by atoms with Crippen molar-refractivity contribution in [1.29, 1.82) is 0 Å². The smallest absolute Gasteiger partial charge is 0.191 e. The molecule has 0 saturated carbocycles. The summed E-state index contributed by atoms with van der Waals surface area (Å²) in [6, 6.07) is 17.9. The highest BCUT2D eigenvalue weighted by Crippen LogP contribution is 2.17. The van der Waals surface area contributed by atoms with Gasteiger partial charge in [0.15, 0.2) is 5.96 Å². The van der Waals surface area contributed by atoms with E-state index in [0.717, 1.165) is 35.4 Å². The minimum atomic E-state index is 0.528. The van der Waals surface area contributed by atoms with Gasteiger partial charge < -0.3 is 20.1 Å². The first-order valence-electron chi connectivity index (χ1n) is 10.4. The van der Waals surface area contributed by atoms with E-state index in [1.54, 1.807) is 14.2 Å². The van der Waals surface area contributed by atoms with Crippen LogP contribution < -0.4 is 20.1 Å². The van der Waals surface area contributed by atoms with E-state index in [1.165, 1.54) is 11.1 Å². The Morgan fingerprint density at radius 3 is 2.39 bits per heavy atom. The van der Waals surface area contributed by atoms with E-state index in [0.29, 0.717) is 19.7 Å². The molecule has 0 spiro atoms. The Labute approximate surface area is 184 Å². The molecule has 0 radical (unpaired) electrons. The summed E-state index contributed by atoms with van der Waals surface area (Å²) in [6.45, 7) is 6.74. The van der Waals surface area contributed by atoms with E-state index in [9.17, 15) is 0 Å². The maximum Gasteiger partial charge on any atom is 0.191 e. The zero-order valence-corrected chi connectivity index (χ0v) is 18.7. The lowest BCUT2D eigenvalue weighted by atomic mass is 10.2. The number of hydrogen-bond donors (Lipinski definition) is 2. The standard InChI is InChI=1S/C24H31N5O2/c1-18-23(19(2)29(28-18)17-20-8-6-5-7-9-20)16-27-24(25-3)26-14-15-31-22-12-10-21(30-4)11-13-22/h5-13H,14-17H2,1-4H3,(H2,25,26,27). The average molecular weight is 422 g/mol. The number of ether oxygens (including phenoxy) is 2. The van der Waals surface area contributed by atoms with Crippen molar-refractivity contribution >= 4 is 5.96 Å². The quantitative estimate of drug-likeness (QED) is 0.315. The lowest BCUT2D eigenvalue weighted by Crippen LogP contribution is -2.39. The predicted molar refractivity (Wildman–Crippen MR) is 124 cm³/mol. The summed E-state index contributed by atoms with van der Waals surface area (Å²) in [5.74, 6) is 2.35. The molecule has 3 aromatic rings. The topological polar surface area (TPSA) is 72.7 Å². The van der Waals surface area contributed by atoms with Crippen LogP contribution in [0.2, 0.25) is 0 Å². The van der Waals surface area contributed by atoms with Gasteiger partial charge in [-0.15, -0.1) is 0 Å². The molecule has 0 fully saturated rings. The summed E-state index contributed by atoms with van der Waals surface area (Å²) < 4.78 is 13.0. The summed E-state index contributed by atoms with van der Waals surface area (Å²) in [7, 11) is 3.41. The molecule has 2 aromatic carbocycles. The Balaban J connectivity index is 1.47. The molecule has 0 aliphatic heterocycles. The molecule has 0 amide bonds. The predicted octanol–water partition coefficient (Wildman–Crippen LogP) is 3.30. The normalized spacial score (nSPS) is 11.3. The highest BCUT2D eigenvalue weighted by atomic mass is 16.5. The molecule has 31 heavy (non-hydrogen) atoms. The minimum Gasteiger partial charge on any atom is -0.497 e. The Morgan fingerprint density at radius 2 is 1.71 bits per heavy atom. The van der Waals surface area contributed by atoms with Crippen molar-refractivity contribution in [2.45, 2.75) is 26.9 Å². The van der Waals surface area contributed by atoms with Gasteiger partial charge in [0.2, 0.25) is 0 Å². The second-order valence-corrected chi connectivity index (χ2v) is 7.17. The highest BCUT2D eigenvalue weighted by Gasteiger charge is 2.12. The molecule has 0 saturated heterocycles. The maximum atomic E-state index is 5.75. The first kappa shape index (κ1) is 22.2. The number of hydrogen-bond acceptors (Lipinski definition) is 4. The van der Waals surface area contributed by atoms with E-state index in [1.807, 2.05) is 37.3 Å². The van der Waals surface area contributed by atoms with Gasteiger partial charge in [-0.3, -0.25) is 9.67 Å². The molecule has 0 aliphatic rings. The molecule has 0 atom stereocenters. The third kappa shape index (κ3) is 6.25. The van der Waals surface area contributed by atoms with Crippen LogP contribution in [0.15, 0.2) is 59.6 Å². The van der Waals surface area contributed by atoms with Crippen molar-refractivity contribution in [1.82, 2.24) is 20.4 Å². The van der Waals surface area contributed by atoms with Crippen LogP contribution in [0.25, 0.3) is 0 Å². The summed E-state index contributed by atoms with van der Waals surface area (Å²) >= 11 is 0. The van der Waals surface area contributed by atoms with E-state index < -0.39 is 0 Å². The SMILES string of the molecule is CN=C(NCCOc1ccc(OC)cc1)NCc1c(C)nn(Cc2ccccc2)c1C. The lowest BCUT2D eigenvalue weighted by Gasteiger charge is -2.13. The third-order valence-electron chi connectivity index (χ3n) is 5.09. The fraction of sp³-hybridized carbons (Fsp3) is 0.333. The number of methoxy groups -OCH3 is 1. The first-order chi connectivity index (χ1) is 15.1.